The second kappa shape index (κ2) is 6.73. The minimum atomic E-state index is -0.436. The number of aliphatic hydroxyl groups is 1. The molecule has 1 amide bonds. The Bertz CT molecular complexity index is 569. The summed E-state index contributed by atoms with van der Waals surface area (Å²) in [4.78, 5) is 12.0. The van der Waals surface area contributed by atoms with Crippen molar-refractivity contribution in [1.29, 1.82) is 0 Å². The maximum Gasteiger partial charge on any atom is 0.225 e. The molecule has 0 bridgehead atoms. The second-order valence-corrected chi connectivity index (χ2v) is 4.52. The third-order valence-electron chi connectivity index (χ3n) is 3.06. The highest BCUT2D eigenvalue weighted by atomic mass is 16.3. The standard InChI is InChI=1S/C16H17NO3/c18-11-14(12-6-2-1-3-7-12)17-16(20)10-13-8-4-5-9-15(13)19/h1-9,14,18-19H,10-11H2,(H,17,20)/t14-/m0/s1. The fourth-order valence-electron chi connectivity index (χ4n) is 2.00. The Hall–Kier alpha value is -2.33. The van der Waals surface area contributed by atoms with E-state index >= 15 is 0 Å². The van der Waals surface area contributed by atoms with E-state index in [0.29, 0.717) is 5.56 Å². The number of aliphatic hydroxyl groups excluding tert-OH is 1. The normalized spacial score (nSPS) is 11.8. The highest BCUT2D eigenvalue weighted by Gasteiger charge is 2.14. The van der Waals surface area contributed by atoms with E-state index in [1.54, 1.807) is 24.3 Å². The first-order valence-corrected chi connectivity index (χ1v) is 6.42. The number of benzene rings is 2. The van der Waals surface area contributed by atoms with E-state index in [0.717, 1.165) is 5.56 Å². The molecule has 104 valence electrons. The zero-order valence-electron chi connectivity index (χ0n) is 11.0. The Morgan fingerprint density at radius 2 is 1.70 bits per heavy atom. The van der Waals surface area contributed by atoms with Gasteiger partial charge in [-0.1, -0.05) is 48.5 Å². The number of hydrogen-bond donors (Lipinski definition) is 3. The monoisotopic (exact) mass is 271 g/mol. The molecule has 4 nitrogen and oxygen atoms in total. The van der Waals surface area contributed by atoms with Crippen LogP contribution >= 0.6 is 0 Å². The number of rotatable bonds is 5. The summed E-state index contributed by atoms with van der Waals surface area (Å²) in [7, 11) is 0. The van der Waals surface area contributed by atoms with Crippen LogP contribution in [0.3, 0.4) is 0 Å². The minimum absolute atomic E-state index is 0.0794. The van der Waals surface area contributed by atoms with E-state index in [-0.39, 0.29) is 24.7 Å². The number of aromatic hydroxyl groups is 1. The Labute approximate surface area is 117 Å². The van der Waals surface area contributed by atoms with Gasteiger partial charge in [0.2, 0.25) is 5.91 Å². The number of carbonyl (C=O) groups is 1. The van der Waals surface area contributed by atoms with Crippen molar-refractivity contribution in [3.8, 4) is 5.75 Å². The smallest absolute Gasteiger partial charge is 0.225 e. The molecule has 2 rings (SSSR count). The van der Waals surface area contributed by atoms with Crippen molar-refractivity contribution in [1.82, 2.24) is 5.32 Å². The average molecular weight is 271 g/mol. The van der Waals surface area contributed by atoms with Crippen LogP contribution in [0.1, 0.15) is 17.2 Å². The number of amides is 1. The molecule has 0 fully saturated rings. The SMILES string of the molecule is O=C(Cc1ccccc1O)N[C@@H](CO)c1ccccc1. The van der Waals surface area contributed by atoms with Crippen LogP contribution in [-0.4, -0.2) is 22.7 Å². The molecule has 0 aliphatic rings. The van der Waals surface area contributed by atoms with Gasteiger partial charge in [-0.15, -0.1) is 0 Å². The van der Waals surface area contributed by atoms with Crippen LogP contribution in [-0.2, 0) is 11.2 Å². The molecule has 2 aromatic rings. The molecule has 0 aliphatic carbocycles. The summed E-state index contributed by atoms with van der Waals surface area (Å²) >= 11 is 0. The highest BCUT2D eigenvalue weighted by Crippen LogP contribution is 2.17. The molecule has 3 N–H and O–H groups in total. The summed E-state index contributed by atoms with van der Waals surface area (Å²) in [6, 6.07) is 15.6. The van der Waals surface area contributed by atoms with Gasteiger partial charge in [0.05, 0.1) is 19.1 Å². The topological polar surface area (TPSA) is 69.6 Å². The van der Waals surface area contributed by atoms with Crippen molar-refractivity contribution in [2.24, 2.45) is 0 Å². The van der Waals surface area contributed by atoms with Gasteiger partial charge in [-0.05, 0) is 11.6 Å². The molecule has 2 aromatic carbocycles. The van der Waals surface area contributed by atoms with Gasteiger partial charge in [-0.2, -0.15) is 0 Å². The van der Waals surface area contributed by atoms with Crippen LogP contribution in [0.25, 0.3) is 0 Å². The van der Waals surface area contributed by atoms with Gasteiger partial charge in [0.25, 0.3) is 0 Å². The summed E-state index contributed by atoms with van der Waals surface area (Å²) in [5, 5.41) is 21.8. The summed E-state index contributed by atoms with van der Waals surface area (Å²) in [5.74, 6) is -0.141. The first-order valence-electron chi connectivity index (χ1n) is 6.42. The number of para-hydroxylation sites is 1. The maximum absolute atomic E-state index is 12.0. The van der Waals surface area contributed by atoms with Crippen molar-refractivity contribution < 1.29 is 15.0 Å². The van der Waals surface area contributed by atoms with Crippen molar-refractivity contribution in [3.05, 3.63) is 65.7 Å². The first-order chi connectivity index (χ1) is 9.70. The zero-order chi connectivity index (χ0) is 14.4. The van der Waals surface area contributed by atoms with Gasteiger partial charge in [0, 0.05) is 5.56 Å². The molecule has 20 heavy (non-hydrogen) atoms. The number of nitrogens with one attached hydrogen (secondary N) is 1. The van der Waals surface area contributed by atoms with Crippen molar-refractivity contribution in [3.63, 3.8) is 0 Å². The van der Waals surface area contributed by atoms with Crippen LogP contribution in [0.4, 0.5) is 0 Å². The lowest BCUT2D eigenvalue weighted by Crippen LogP contribution is -2.31. The van der Waals surface area contributed by atoms with E-state index in [4.69, 9.17) is 0 Å². The van der Waals surface area contributed by atoms with Crippen molar-refractivity contribution in [2.75, 3.05) is 6.61 Å². The summed E-state index contributed by atoms with van der Waals surface area (Å²) in [5.41, 5.74) is 1.41. The molecular formula is C16H17NO3. The highest BCUT2D eigenvalue weighted by molar-refractivity contribution is 5.79. The molecule has 0 unspecified atom stereocenters. The van der Waals surface area contributed by atoms with Gasteiger partial charge >= 0.3 is 0 Å². The quantitative estimate of drug-likeness (QED) is 0.776. The van der Waals surface area contributed by atoms with E-state index < -0.39 is 6.04 Å². The fourth-order valence-corrected chi connectivity index (χ4v) is 2.00. The second-order valence-electron chi connectivity index (χ2n) is 4.52. The van der Waals surface area contributed by atoms with Crippen molar-refractivity contribution in [2.45, 2.75) is 12.5 Å². The van der Waals surface area contributed by atoms with Gasteiger partial charge in [0.15, 0.2) is 0 Å². The lowest BCUT2D eigenvalue weighted by Gasteiger charge is -2.17. The summed E-state index contributed by atoms with van der Waals surface area (Å²) in [6.45, 7) is -0.170. The van der Waals surface area contributed by atoms with Crippen LogP contribution in [0.5, 0.6) is 5.75 Å². The number of phenols is 1. The predicted molar refractivity (Wildman–Crippen MR) is 76.2 cm³/mol. The Kier molecular flexibility index (Phi) is 4.74. The van der Waals surface area contributed by atoms with E-state index in [2.05, 4.69) is 5.32 Å². The molecule has 0 radical (unpaired) electrons. The van der Waals surface area contributed by atoms with Crippen LogP contribution in [0.15, 0.2) is 54.6 Å². The molecular weight excluding hydrogens is 254 g/mol. The molecule has 0 aliphatic heterocycles. The predicted octanol–water partition coefficient (Wildman–Crippen LogP) is 1.78. The first kappa shape index (κ1) is 14.1. The Balaban J connectivity index is 2.02. The van der Waals surface area contributed by atoms with Gasteiger partial charge in [-0.25, -0.2) is 0 Å². The van der Waals surface area contributed by atoms with Gasteiger partial charge in [-0.3, -0.25) is 4.79 Å². The van der Waals surface area contributed by atoms with Crippen LogP contribution in [0, 0.1) is 0 Å². The maximum atomic E-state index is 12.0. The van der Waals surface area contributed by atoms with Gasteiger partial charge in [0.1, 0.15) is 5.75 Å². The number of phenolic OH excluding ortho intramolecular Hbond substituents is 1. The van der Waals surface area contributed by atoms with E-state index in [9.17, 15) is 15.0 Å². The van der Waals surface area contributed by atoms with Crippen molar-refractivity contribution >= 4 is 5.91 Å². The minimum Gasteiger partial charge on any atom is -0.508 e. The van der Waals surface area contributed by atoms with Crippen LogP contribution in [0.2, 0.25) is 0 Å². The molecule has 0 spiro atoms. The fraction of sp³-hybridized carbons (Fsp3) is 0.188. The molecule has 0 aromatic heterocycles. The Morgan fingerprint density at radius 3 is 2.35 bits per heavy atom. The lowest BCUT2D eigenvalue weighted by molar-refractivity contribution is -0.121. The molecule has 4 heteroatoms. The largest absolute Gasteiger partial charge is 0.508 e. The number of carbonyl (C=O) groups excluding carboxylic acids is 1. The molecule has 1 atom stereocenters. The zero-order valence-corrected chi connectivity index (χ0v) is 11.0. The molecule has 0 saturated heterocycles. The average Bonchev–Trinajstić information content (AvgIpc) is 2.48. The van der Waals surface area contributed by atoms with Gasteiger partial charge < -0.3 is 15.5 Å². The van der Waals surface area contributed by atoms with E-state index in [1.807, 2.05) is 30.3 Å². The Morgan fingerprint density at radius 1 is 1.05 bits per heavy atom. The molecule has 0 heterocycles. The van der Waals surface area contributed by atoms with E-state index in [1.165, 1.54) is 0 Å². The third-order valence-corrected chi connectivity index (χ3v) is 3.06. The number of hydrogen-bond acceptors (Lipinski definition) is 3. The summed E-state index contributed by atoms with van der Waals surface area (Å²) in [6.07, 6.45) is 0.0794. The summed E-state index contributed by atoms with van der Waals surface area (Å²) < 4.78 is 0. The van der Waals surface area contributed by atoms with Crippen LogP contribution < -0.4 is 5.32 Å². The lowest BCUT2D eigenvalue weighted by atomic mass is 10.1. The third kappa shape index (κ3) is 3.59. The molecule has 0 saturated carbocycles.